The van der Waals surface area contributed by atoms with Gasteiger partial charge in [0.1, 0.15) is 35.0 Å². The third-order valence-corrected chi connectivity index (χ3v) is 5.75. The smallest absolute Gasteiger partial charge is 0.339 e. The van der Waals surface area contributed by atoms with E-state index in [-0.39, 0.29) is 11.4 Å². The first kappa shape index (κ1) is 24.0. The average Bonchev–Trinajstić information content (AvgIpc) is 3.25. The second kappa shape index (κ2) is 10.1. The van der Waals surface area contributed by atoms with Crippen LogP contribution in [0.3, 0.4) is 0 Å². The maximum absolute atomic E-state index is 13.8. The van der Waals surface area contributed by atoms with Gasteiger partial charge < -0.3 is 15.8 Å². The monoisotopic (exact) mass is 503 g/mol. The standard InChI is InChI=1S/C28H21N7O3/c1-31-27(36)19(16-29)14-18-6-5-7-21(15-18)35-26-24(25(30)32-17-33-26)34(28(35)37)20-10-12-23(13-11-20)38-22-8-3-2-4-9-22/h2-15,17H,1H3,(H,31,36)(H2,30,32,33)/b19-14-. The lowest BCUT2D eigenvalue weighted by Gasteiger charge is -2.08. The minimum Gasteiger partial charge on any atom is -0.457 e. The highest BCUT2D eigenvalue weighted by Gasteiger charge is 2.20. The first-order valence-electron chi connectivity index (χ1n) is 11.5. The highest BCUT2D eigenvalue weighted by atomic mass is 16.5. The van der Waals surface area contributed by atoms with Crippen LogP contribution in [0.4, 0.5) is 5.82 Å². The molecule has 0 radical (unpaired) electrons. The fraction of sp³-hybridized carbons (Fsp3) is 0.0357. The lowest BCUT2D eigenvalue weighted by atomic mass is 10.1. The molecule has 0 aliphatic rings. The fourth-order valence-corrected chi connectivity index (χ4v) is 4.01. The molecule has 10 heteroatoms. The number of hydrogen-bond acceptors (Lipinski definition) is 7. The molecule has 0 bridgehead atoms. The molecule has 1 amide bonds. The molecule has 0 spiro atoms. The molecule has 10 nitrogen and oxygen atoms in total. The zero-order chi connectivity index (χ0) is 26.6. The maximum Gasteiger partial charge on any atom is 0.339 e. The van der Waals surface area contributed by atoms with Gasteiger partial charge in [0.05, 0.1) is 11.4 Å². The van der Waals surface area contributed by atoms with E-state index in [4.69, 9.17) is 10.5 Å². The number of fused-ring (bicyclic) bond motifs is 1. The van der Waals surface area contributed by atoms with Crippen LogP contribution in [0.1, 0.15) is 5.56 Å². The molecule has 0 aliphatic carbocycles. The highest BCUT2D eigenvalue weighted by molar-refractivity contribution is 6.01. The van der Waals surface area contributed by atoms with Gasteiger partial charge in [-0.05, 0) is 60.2 Å². The number of para-hydroxylation sites is 1. The van der Waals surface area contributed by atoms with E-state index >= 15 is 0 Å². The van der Waals surface area contributed by atoms with Gasteiger partial charge in [0.25, 0.3) is 5.91 Å². The maximum atomic E-state index is 13.8. The number of carbonyl (C=O) groups is 1. The normalized spacial score (nSPS) is 11.2. The molecular formula is C28H21N7O3. The number of ether oxygens (including phenoxy) is 1. The number of nitriles is 1. The molecule has 0 atom stereocenters. The minimum absolute atomic E-state index is 0.0659. The Morgan fingerprint density at radius 2 is 1.71 bits per heavy atom. The van der Waals surface area contributed by atoms with Crippen LogP contribution >= 0.6 is 0 Å². The van der Waals surface area contributed by atoms with Crippen molar-refractivity contribution in [3.8, 4) is 28.9 Å². The Morgan fingerprint density at radius 3 is 2.42 bits per heavy atom. The number of likely N-dealkylation sites (N-methyl/N-ethyl adjacent to an activating group) is 1. The first-order valence-corrected chi connectivity index (χ1v) is 11.5. The van der Waals surface area contributed by atoms with Gasteiger partial charge in [0.2, 0.25) is 0 Å². The number of benzene rings is 3. The molecule has 0 unspecified atom stereocenters. The van der Waals surface area contributed by atoms with Crippen LogP contribution in [0.25, 0.3) is 28.6 Å². The van der Waals surface area contributed by atoms with Gasteiger partial charge in [0, 0.05) is 7.05 Å². The number of hydrogen-bond donors (Lipinski definition) is 2. The molecular weight excluding hydrogens is 482 g/mol. The van der Waals surface area contributed by atoms with Crippen molar-refractivity contribution < 1.29 is 9.53 Å². The summed E-state index contributed by atoms with van der Waals surface area (Å²) in [6.45, 7) is 0. The third-order valence-electron chi connectivity index (χ3n) is 5.75. The molecule has 0 fully saturated rings. The summed E-state index contributed by atoms with van der Waals surface area (Å²) in [5.74, 6) is 0.922. The van der Waals surface area contributed by atoms with Crippen LogP contribution in [0.15, 0.2) is 95.6 Å². The number of nitrogen functional groups attached to an aromatic ring is 1. The summed E-state index contributed by atoms with van der Waals surface area (Å²) >= 11 is 0. The van der Waals surface area contributed by atoms with Crippen molar-refractivity contribution in [3.63, 3.8) is 0 Å². The number of nitrogens with zero attached hydrogens (tertiary/aromatic N) is 5. The lowest BCUT2D eigenvalue weighted by Crippen LogP contribution is -2.22. The second-order valence-electron chi connectivity index (χ2n) is 8.14. The van der Waals surface area contributed by atoms with Crippen molar-refractivity contribution in [2.45, 2.75) is 0 Å². The number of rotatable bonds is 6. The number of nitrogens with one attached hydrogen (secondary N) is 1. The van der Waals surface area contributed by atoms with Crippen molar-refractivity contribution in [1.29, 1.82) is 5.26 Å². The minimum atomic E-state index is -0.508. The Bertz CT molecular complexity index is 1780. The predicted molar refractivity (Wildman–Crippen MR) is 143 cm³/mol. The van der Waals surface area contributed by atoms with Gasteiger partial charge in [-0.25, -0.2) is 19.3 Å². The molecule has 2 aromatic heterocycles. The topological polar surface area (TPSA) is 141 Å². The molecule has 3 N–H and O–H groups in total. The van der Waals surface area contributed by atoms with Crippen LogP contribution in [-0.2, 0) is 4.79 Å². The van der Waals surface area contributed by atoms with E-state index in [1.54, 1.807) is 48.5 Å². The SMILES string of the molecule is CNC(=O)/C(C#N)=C\c1cccc(-n2c(=O)n(-c3ccc(Oc4ccccc4)cc3)c3c(N)ncnc32)c1. The van der Waals surface area contributed by atoms with E-state index in [0.717, 1.165) is 0 Å². The molecule has 38 heavy (non-hydrogen) atoms. The van der Waals surface area contributed by atoms with Crippen LogP contribution in [-0.4, -0.2) is 32.1 Å². The molecule has 3 aromatic carbocycles. The summed E-state index contributed by atoms with van der Waals surface area (Å²) in [6, 6.07) is 25.1. The van der Waals surface area contributed by atoms with Crippen molar-refractivity contribution in [3.05, 3.63) is 107 Å². The number of aromatic nitrogens is 4. The Morgan fingerprint density at radius 1 is 0.974 bits per heavy atom. The molecule has 0 aliphatic heterocycles. The van der Waals surface area contributed by atoms with E-state index in [9.17, 15) is 14.9 Å². The van der Waals surface area contributed by atoms with Gasteiger partial charge in [-0.1, -0.05) is 30.3 Å². The predicted octanol–water partition coefficient (Wildman–Crippen LogP) is 3.60. The summed E-state index contributed by atoms with van der Waals surface area (Å²) in [5, 5.41) is 11.8. The highest BCUT2D eigenvalue weighted by Crippen LogP contribution is 2.26. The number of amides is 1. The summed E-state index contributed by atoms with van der Waals surface area (Å²) < 4.78 is 8.71. The van der Waals surface area contributed by atoms with E-state index in [1.807, 2.05) is 36.4 Å². The van der Waals surface area contributed by atoms with Gasteiger partial charge in [-0.15, -0.1) is 0 Å². The summed E-state index contributed by atoms with van der Waals surface area (Å²) in [6.07, 6.45) is 2.74. The van der Waals surface area contributed by atoms with Crippen LogP contribution in [0, 0.1) is 11.3 Å². The van der Waals surface area contributed by atoms with Crippen molar-refractivity contribution in [2.75, 3.05) is 12.8 Å². The van der Waals surface area contributed by atoms with Gasteiger partial charge in [0.15, 0.2) is 11.5 Å². The van der Waals surface area contributed by atoms with Gasteiger partial charge in [-0.2, -0.15) is 5.26 Å². The van der Waals surface area contributed by atoms with Crippen molar-refractivity contribution >= 4 is 29.0 Å². The summed E-state index contributed by atoms with van der Waals surface area (Å²) in [4.78, 5) is 34.2. The molecule has 5 rings (SSSR count). The summed E-state index contributed by atoms with van der Waals surface area (Å²) in [7, 11) is 1.45. The van der Waals surface area contributed by atoms with E-state index < -0.39 is 11.6 Å². The van der Waals surface area contributed by atoms with Gasteiger partial charge in [-0.3, -0.25) is 9.36 Å². The second-order valence-corrected chi connectivity index (χ2v) is 8.14. The fourth-order valence-electron chi connectivity index (χ4n) is 4.01. The third kappa shape index (κ3) is 4.47. The Hall–Kier alpha value is -5.69. The van der Waals surface area contributed by atoms with E-state index in [2.05, 4.69) is 15.3 Å². The number of nitrogens with two attached hydrogens (primary N) is 1. The zero-order valence-electron chi connectivity index (χ0n) is 20.2. The molecule has 0 saturated carbocycles. The van der Waals surface area contributed by atoms with Crippen molar-refractivity contribution in [2.24, 2.45) is 0 Å². The van der Waals surface area contributed by atoms with E-state index in [0.29, 0.717) is 39.6 Å². The first-order chi connectivity index (χ1) is 18.5. The van der Waals surface area contributed by atoms with E-state index in [1.165, 1.54) is 28.6 Å². The molecule has 186 valence electrons. The van der Waals surface area contributed by atoms with Gasteiger partial charge >= 0.3 is 5.69 Å². The van der Waals surface area contributed by atoms with Crippen LogP contribution in [0.5, 0.6) is 11.5 Å². The largest absolute Gasteiger partial charge is 0.457 e. The zero-order valence-corrected chi connectivity index (χ0v) is 20.2. The number of anilines is 1. The Labute approximate surface area is 216 Å². The quantitative estimate of drug-likeness (QED) is 0.266. The van der Waals surface area contributed by atoms with Crippen LogP contribution in [0.2, 0.25) is 0 Å². The lowest BCUT2D eigenvalue weighted by molar-refractivity contribution is -0.116. The average molecular weight is 504 g/mol. The number of carbonyl (C=O) groups excluding carboxylic acids is 1. The Kier molecular flexibility index (Phi) is 6.40. The molecule has 0 saturated heterocycles. The van der Waals surface area contributed by atoms with Crippen LogP contribution < -0.4 is 21.5 Å². The summed E-state index contributed by atoms with van der Waals surface area (Å²) in [5.41, 5.74) is 7.95. The Balaban J connectivity index is 1.62. The molecule has 2 heterocycles. The van der Waals surface area contributed by atoms with Crippen molar-refractivity contribution in [1.82, 2.24) is 24.4 Å². The molecule has 5 aromatic rings. The number of imidazole rings is 1.